The molecule has 0 radical (unpaired) electrons. The smallest absolute Gasteiger partial charge is 0.321 e. The Labute approximate surface area is 144 Å². The molecule has 0 unspecified atom stereocenters. The molecule has 2 aromatic rings. The van der Waals surface area contributed by atoms with E-state index in [4.69, 9.17) is 4.74 Å². The number of carbonyl (C=O) groups excluding carboxylic acids is 1. The first-order valence-corrected chi connectivity index (χ1v) is 8.24. The monoisotopic (exact) mass is 326 g/mol. The Morgan fingerprint density at radius 3 is 2.58 bits per heavy atom. The van der Waals surface area contributed by atoms with Crippen LogP contribution in [0, 0.1) is 13.8 Å². The van der Waals surface area contributed by atoms with Crippen LogP contribution in [0.25, 0.3) is 0 Å². The number of anilines is 1. The average molecular weight is 326 g/mol. The van der Waals surface area contributed by atoms with E-state index >= 15 is 0 Å². The highest BCUT2D eigenvalue weighted by Gasteiger charge is 2.16. The fraction of sp³-hybridized carbons (Fsp3) is 0.350. The Balaban J connectivity index is 2.32. The summed E-state index contributed by atoms with van der Waals surface area (Å²) in [6.07, 6.45) is 0.890. The summed E-state index contributed by atoms with van der Waals surface area (Å²) in [7, 11) is 3.41. The summed E-state index contributed by atoms with van der Waals surface area (Å²) in [4.78, 5) is 13.6. The van der Waals surface area contributed by atoms with Crippen LogP contribution in [-0.4, -0.2) is 20.1 Å². The van der Waals surface area contributed by atoms with Gasteiger partial charge in [0.15, 0.2) is 0 Å². The van der Waals surface area contributed by atoms with Gasteiger partial charge in [-0.3, -0.25) is 4.90 Å². The molecular weight excluding hydrogens is 300 g/mol. The van der Waals surface area contributed by atoms with Crippen LogP contribution >= 0.6 is 0 Å². The molecule has 0 aliphatic rings. The molecule has 0 aromatic heterocycles. The van der Waals surface area contributed by atoms with Crippen LogP contribution in [0.2, 0.25) is 0 Å². The van der Waals surface area contributed by atoms with Crippen LogP contribution in [0.1, 0.15) is 29.2 Å². The van der Waals surface area contributed by atoms with Crippen molar-refractivity contribution < 1.29 is 9.53 Å². The molecule has 4 heteroatoms. The maximum atomic E-state index is 12.0. The first kappa shape index (κ1) is 17.9. The Hall–Kier alpha value is -2.49. The van der Waals surface area contributed by atoms with E-state index in [1.54, 1.807) is 19.0 Å². The van der Waals surface area contributed by atoms with Gasteiger partial charge in [-0.2, -0.15) is 0 Å². The molecule has 2 amide bonds. The molecule has 0 aliphatic carbocycles. The second-order valence-corrected chi connectivity index (χ2v) is 5.94. The van der Waals surface area contributed by atoms with Crippen LogP contribution in [0.5, 0.6) is 5.75 Å². The first-order chi connectivity index (χ1) is 11.5. The van der Waals surface area contributed by atoms with Crippen LogP contribution in [0.4, 0.5) is 10.5 Å². The molecule has 0 fully saturated rings. The van der Waals surface area contributed by atoms with Gasteiger partial charge in [0.1, 0.15) is 12.4 Å². The highest BCUT2D eigenvalue weighted by Crippen LogP contribution is 2.27. The molecule has 0 atom stereocenters. The summed E-state index contributed by atoms with van der Waals surface area (Å²) in [6, 6.07) is 12.0. The molecule has 0 aliphatic heterocycles. The largest absolute Gasteiger partial charge is 0.489 e. The zero-order valence-corrected chi connectivity index (χ0v) is 15.1. The maximum absolute atomic E-state index is 12.0. The molecule has 0 saturated carbocycles. The third-order valence-electron chi connectivity index (χ3n) is 4.21. The SMILES string of the molecule is CCc1cccc(N(C)C(=O)NC)c1COc1ccc(C)cc1C. The second kappa shape index (κ2) is 7.86. The van der Waals surface area contributed by atoms with Crippen LogP contribution < -0.4 is 15.0 Å². The van der Waals surface area contributed by atoms with Crippen LogP contribution in [0.3, 0.4) is 0 Å². The summed E-state index contributed by atoms with van der Waals surface area (Å²) in [5.74, 6) is 0.875. The molecule has 128 valence electrons. The second-order valence-electron chi connectivity index (χ2n) is 5.94. The number of benzene rings is 2. The van der Waals surface area contributed by atoms with Gasteiger partial charge in [-0.25, -0.2) is 4.79 Å². The third-order valence-corrected chi connectivity index (χ3v) is 4.21. The highest BCUT2D eigenvalue weighted by atomic mass is 16.5. The lowest BCUT2D eigenvalue weighted by Gasteiger charge is -2.22. The van der Waals surface area contributed by atoms with Crippen LogP contribution in [-0.2, 0) is 13.0 Å². The van der Waals surface area contributed by atoms with Crippen LogP contribution in [0.15, 0.2) is 36.4 Å². The van der Waals surface area contributed by atoms with Crippen molar-refractivity contribution in [2.75, 3.05) is 19.0 Å². The van der Waals surface area contributed by atoms with E-state index in [-0.39, 0.29) is 6.03 Å². The van der Waals surface area contributed by atoms with Crippen molar-refractivity contribution in [3.8, 4) is 5.75 Å². The molecular formula is C20H26N2O2. The number of amides is 2. The molecule has 0 bridgehead atoms. The van der Waals surface area contributed by atoms with Crippen molar-refractivity contribution >= 4 is 11.7 Å². The Kier molecular flexibility index (Phi) is 5.85. The van der Waals surface area contributed by atoms with Gasteiger partial charge in [-0.15, -0.1) is 0 Å². The summed E-state index contributed by atoms with van der Waals surface area (Å²) < 4.78 is 6.07. The minimum atomic E-state index is -0.143. The lowest BCUT2D eigenvalue weighted by molar-refractivity contribution is 0.249. The molecule has 4 nitrogen and oxygen atoms in total. The predicted octanol–water partition coefficient (Wildman–Crippen LogP) is 4.22. The number of carbonyl (C=O) groups is 1. The van der Waals surface area contributed by atoms with E-state index in [9.17, 15) is 4.79 Å². The zero-order chi connectivity index (χ0) is 17.7. The lowest BCUT2D eigenvalue weighted by atomic mass is 10.0. The lowest BCUT2D eigenvalue weighted by Crippen LogP contribution is -2.35. The number of nitrogens with zero attached hydrogens (tertiary/aromatic N) is 1. The number of nitrogens with one attached hydrogen (secondary N) is 1. The molecule has 2 rings (SSSR count). The van der Waals surface area contributed by atoms with Gasteiger partial charge in [-0.05, 0) is 43.5 Å². The minimum Gasteiger partial charge on any atom is -0.489 e. The van der Waals surface area contributed by atoms with Gasteiger partial charge in [-0.1, -0.05) is 36.8 Å². The van der Waals surface area contributed by atoms with Gasteiger partial charge in [0, 0.05) is 19.7 Å². The highest BCUT2D eigenvalue weighted by molar-refractivity contribution is 5.92. The van der Waals surface area contributed by atoms with Crippen molar-refractivity contribution in [1.29, 1.82) is 0 Å². The Morgan fingerprint density at radius 1 is 1.21 bits per heavy atom. The van der Waals surface area contributed by atoms with Crippen molar-refractivity contribution in [3.05, 3.63) is 58.7 Å². The molecule has 0 spiro atoms. The molecule has 2 aromatic carbocycles. The topological polar surface area (TPSA) is 41.6 Å². The van der Waals surface area contributed by atoms with Gasteiger partial charge < -0.3 is 10.1 Å². The van der Waals surface area contributed by atoms with Gasteiger partial charge in [0.05, 0.1) is 5.69 Å². The number of hydrogen-bond acceptors (Lipinski definition) is 2. The van der Waals surface area contributed by atoms with E-state index < -0.39 is 0 Å². The van der Waals surface area contributed by atoms with Gasteiger partial charge in [0.2, 0.25) is 0 Å². The van der Waals surface area contributed by atoms with Crippen molar-refractivity contribution in [2.45, 2.75) is 33.8 Å². The first-order valence-electron chi connectivity index (χ1n) is 8.24. The minimum absolute atomic E-state index is 0.143. The van der Waals surface area contributed by atoms with Crippen molar-refractivity contribution in [3.63, 3.8) is 0 Å². The standard InChI is InChI=1S/C20H26N2O2/c1-6-16-8-7-9-18(22(5)20(23)21-4)17(16)13-24-19-11-10-14(2)12-15(19)3/h7-12H,6,13H2,1-5H3,(H,21,23). The van der Waals surface area contributed by atoms with E-state index in [2.05, 4.69) is 31.3 Å². The number of urea groups is 1. The Morgan fingerprint density at radius 2 is 1.96 bits per heavy atom. The van der Waals surface area contributed by atoms with Gasteiger partial charge >= 0.3 is 6.03 Å². The number of rotatable bonds is 5. The van der Waals surface area contributed by atoms with E-state index in [0.717, 1.165) is 29.0 Å². The van der Waals surface area contributed by atoms with Crippen molar-refractivity contribution in [2.24, 2.45) is 0 Å². The summed E-state index contributed by atoms with van der Waals surface area (Å²) in [5.41, 5.74) is 5.44. The normalized spacial score (nSPS) is 10.4. The Bertz CT molecular complexity index is 726. The molecule has 24 heavy (non-hydrogen) atoms. The maximum Gasteiger partial charge on any atom is 0.321 e. The zero-order valence-electron chi connectivity index (χ0n) is 15.1. The van der Waals surface area contributed by atoms with E-state index in [1.807, 2.05) is 31.2 Å². The third kappa shape index (κ3) is 3.88. The summed E-state index contributed by atoms with van der Waals surface area (Å²) in [6.45, 7) is 6.66. The van der Waals surface area contributed by atoms with Gasteiger partial charge in [0.25, 0.3) is 0 Å². The van der Waals surface area contributed by atoms with E-state index in [0.29, 0.717) is 6.61 Å². The number of aryl methyl sites for hydroxylation is 3. The average Bonchev–Trinajstić information content (AvgIpc) is 2.59. The fourth-order valence-corrected chi connectivity index (χ4v) is 2.82. The predicted molar refractivity (Wildman–Crippen MR) is 98.9 cm³/mol. The summed E-state index contributed by atoms with van der Waals surface area (Å²) in [5, 5.41) is 2.66. The van der Waals surface area contributed by atoms with E-state index in [1.165, 1.54) is 11.1 Å². The summed E-state index contributed by atoms with van der Waals surface area (Å²) >= 11 is 0. The fourth-order valence-electron chi connectivity index (χ4n) is 2.82. The number of hydrogen-bond donors (Lipinski definition) is 1. The molecule has 0 heterocycles. The quantitative estimate of drug-likeness (QED) is 0.894. The van der Waals surface area contributed by atoms with Crippen molar-refractivity contribution in [1.82, 2.24) is 5.32 Å². The molecule has 0 saturated heterocycles. The number of ether oxygens (including phenoxy) is 1. The molecule has 1 N–H and O–H groups in total.